The molecule has 2 aromatic rings. The summed E-state index contributed by atoms with van der Waals surface area (Å²) >= 11 is 0. The SMILES string of the molecule is COc1cc(C(=O)NCCc2cn3c(n2)CCCC3)cc(OC)c1OC. The number of carbonyl (C=O) groups excluding carboxylic acids is 1. The Labute approximate surface area is 153 Å². The Kier molecular flexibility index (Phi) is 5.65. The molecule has 7 nitrogen and oxygen atoms in total. The summed E-state index contributed by atoms with van der Waals surface area (Å²) in [6, 6.07) is 3.29. The Morgan fingerprint density at radius 3 is 2.50 bits per heavy atom. The number of hydrogen-bond acceptors (Lipinski definition) is 5. The van der Waals surface area contributed by atoms with E-state index in [4.69, 9.17) is 14.2 Å². The predicted octanol–water partition coefficient (Wildman–Crippen LogP) is 2.22. The van der Waals surface area contributed by atoms with Crippen LogP contribution in [-0.4, -0.2) is 43.3 Å². The molecular weight excluding hydrogens is 334 g/mol. The minimum atomic E-state index is -0.187. The molecule has 0 radical (unpaired) electrons. The van der Waals surface area contributed by atoms with Gasteiger partial charge in [-0.2, -0.15) is 0 Å². The normalized spacial score (nSPS) is 13.0. The number of aromatic nitrogens is 2. The van der Waals surface area contributed by atoms with Gasteiger partial charge < -0.3 is 24.1 Å². The Balaban J connectivity index is 1.63. The lowest BCUT2D eigenvalue weighted by atomic mass is 10.1. The summed E-state index contributed by atoms with van der Waals surface area (Å²) in [7, 11) is 4.59. The molecule has 1 amide bonds. The van der Waals surface area contributed by atoms with Gasteiger partial charge in [-0.15, -0.1) is 0 Å². The van der Waals surface area contributed by atoms with Crippen molar-refractivity contribution in [1.82, 2.24) is 14.9 Å². The maximum Gasteiger partial charge on any atom is 0.251 e. The van der Waals surface area contributed by atoms with Gasteiger partial charge in [0, 0.05) is 37.7 Å². The molecule has 0 aliphatic carbocycles. The van der Waals surface area contributed by atoms with Crippen LogP contribution in [0.15, 0.2) is 18.3 Å². The Hall–Kier alpha value is -2.70. The number of nitrogens with one attached hydrogen (secondary N) is 1. The van der Waals surface area contributed by atoms with Crippen molar-refractivity contribution >= 4 is 5.91 Å². The van der Waals surface area contributed by atoms with E-state index in [-0.39, 0.29) is 5.91 Å². The first-order chi connectivity index (χ1) is 12.7. The number of ether oxygens (including phenoxy) is 3. The van der Waals surface area contributed by atoms with Crippen LogP contribution in [0.4, 0.5) is 0 Å². The third-order valence-corrected chi connectivity index (χ3v) is 4.55. The lowest BCUT2D eigenvalue weighted by Gasteiger charge is -2.14. The zero-order valence-electron chi connectivity index (χ0n) is 15.5. The minimum Gasteiger partial charge on any atom is -0.493 e. The quantitative estimate of drug-likeness (QED) is 0.820. The molecule has 0 unspecified atom stereocenters. The lowest BCUT2D eigenvalue weighted by molar-refractivity contribution is 0.0953. The minimum absolute atomic E-state index is 0.187. The van der Waals surface area contributed by atoms with E-state index in [9.17, 15) is 4.79 Å². The number of methoxy groups -OCH3 is 3. The van der Waals surface area contributed by atoms with E-state index in [0.29, 0.717) is 35.8 Å². The van der Waals surface area contributed by atoms with Crippen molar-refractivity contribution in [3.63, 3.8) is 0 Å². The Morgan fingerprint density at radius 2 is 1.88 bits per heavy atom. The number of carbonyl (C=O) groups is 1. The molecule has 1 aromatic heterocycles. The van der Waals surface area contributed by atoms with Gasteiger partial charge in [0.15, 0.2) is 11.5 Å². The molecule has 7 heteroatoms. The van der Waals surface area contributed by atoms with E-state index in [2.05, 4.69) is 21.1 Å². The number of hydrogen-bond donors (Lipinski definition) is 1. The molecule has 0 saturated heterocycles. The monoisotopic (exact) mass is 359 g/mol. The molecule has 1 aliphatic heterocycles. The lowest BCUT2D eigenvalue weighted by Crippen LogP contribution is -2.25. The molecule has 1 N–H and O–H groups in total. The molecule has 1 aliphatic rings. The number of aryl methyl sites for hydroxylation is 2. The highest BCUT2D eigenvalue weighted by Crippen LogP contribution is 2.38. The topological polar surface area (TPSA) is 74.6 Å². The molecule has 3 rings (SSSR count). The first kappa shape index (κ1) is 18.1. The first-order valence-corrected chi connectivity index (χ1v) is 8.79. The summed E-state index contributed by atoms with van der Waals surface area (Å²) in [6.07, 6.45) is 6.25. The molecule has 0 atom stereocenters. The van der Waals surface area contributed by atoms with Gasteiger partial charge in [-0.1, -0.05) is 0 Å². The second-order valence-electron chi connectivity index (χ2n) is 6.22. The molecule has 1 aromatic carbocycles. The van der Waals surface area contributed by atoms with Crippen LogP contribution in [0.5, 0.6) is 17.2 Å². The highest BCUT2D eigenvalue weighted by Gasteiger charge is 2.17. The highest BCUT2D eigenvalue weighted by atomic mass is 16.5. The fourth-order valence-corrected chi connectivity index (χ4v) is 3.21. The van der Waals surface area contributed by atoms with E-state index in [1.165, 1.54) is 34.2 Å². The van der Waals surface area contributed by atoms with Crippen LogP contribution in [0, 0.1) is 0 Å². The van der Waals surface area contributed by atoms with Crippen LogP contribution >= 0.6 is 0 Å². The van der Waals surface area contributed by atoms with Crippen molar-refractivity contribution in [3.05, 3.63) is 35.4 Å². The van der Waals surface area contributed by atoms with Gasteiger partial charge >= 0.3 is 0 Å². The van der Waals surface area contributed by atoms with Crippen LogP contribution in [0.2, 0.25) is 0 Å². The number of imidazole rings is 1. The second kappa shape index (κ2) is 8.12. The number of nitrogens with zero attached hydrogens (tertiary/aromatic N) is 2. The van der Waals surface area contributed by atoms with E-state index < -0.39 is 0 Å². The third kappa shape index (κ3) is 3.76. The van der Waals surface area contributed by atoms with Crippen LogP contribution in [-0.2, 0) is 19.4 Å². The van der Waals surface area contributed by atoms with Crippen molar-refractivity contribution in [2.75, 3.05) is 27.9 Å². The molecule has 26 heavy (non-hydrogen) atoms. The average Bonchev–Trinajstić information content (AvgIpc) is 3.09. The van der Waals surface area contributed by atoms with Gasteiger partial charge in [-0.05, 0) is 25.0 Å². The number of rotatable bonds is 7. The molecule has 0 spiro atoms. The molecule has 0 fully saturated rings. The number of benzene rings is 1. The molecular formula is C19H25N3O4. The Morgan fingerprint density at radius 1 is 1.15 bits per heavy atom. The molecule has 2 heterocycles. The van der Waals surface area contributed by atoms with Crippen molar-refractivity contribution in [2.24, 2.45) is 0 Å². The number of amides is 1. The van der Waals surface area contributed by atoms with E-state index in [1.54, 1.807) is 12.1 Å². The molecule has 0 saturated carbocycles. The van der Waals surface area contributed by atoms with Crippen LogP contribution in [0.1, 0.15) is 34.7 Å². The fraction of sp³-hybridized carbons (Fsp3) is 0.474. The standard InChI is InChI=1S/C19H25N3O4/c1-24-15-10-13(11-16(25-2)18(15)26-3)19(23)20-8-7-14-12-22-9-5-4-6-17(22)21-14/h10-12H,4-9H2,1-3H3,(H,20,23). The third-order valence-electron chi connectivity index (χ3n) is 4.55. The summed E-state index contributed by atoms with van der Waals surface area (Å²) in [5, 5.41) is 2.93. The van der Waals surface area contributed by atoms with E-state index in [1.807, 2.05) is 0 Å². The van der Waals surface area contributed by atoms with Gasteiger partial charge in [0.1, 0.15) is 5.82 Å². The fourth-order valence-electron chi connectivity index (χ4n) is 3.21. The van der Waals surface area contributed by atoms with Gasteiger partial charge in [0.2, 0.25) is 5.75 Å². The zero-order chi connectivity index (χ0) is 18.5. The summed E-state index contributed by atoms with van der Waals surface area (Å²) < 4.78 is 18.1. The van der Waals surface area contributed by atoms with E-state index in [0.717, 1.165) is 24.5 Å². The van der Waals surface area contributed by atoms with Gasteiger partial charge in [0.25, 0.3) is 5.91 Å². The summed E-state index contributed by atoms with van der Waals surface area (Å²) in [6.45, 7) is 1.56. The summed E-state index contributed by atoms with van der Waals surface area (Å²) in [4.78, 5) is 17.1. The average molecular weight is 359 g/mol. The summed E-state index contributed by atoms with van der Waals surface area (Å²) in [5.41, 5.74) is 1.48. The number of fused-ring (bicyclic) bond motifs is 1. The van der Waals surface area contributed by atoms with Gasteiger partial charge in [-0.25, -0.2) is 4.98 Å². The summed E-state index contributed by atoms with van der Waals surface area (Å²) in [5.74, 6) is 2.35. The van der Waals surface area contributed by atoms with Crippen molar-refractivity contribution in [2.45, 2.75) is 32.2 Å². The molecule has 140 valence electrons. The zero-order valence-corrected chi connectivity index (χ0v) is 15.5. The van der Waals surface area contributed by atoms with Crippen molar-refractivity contribution in [3.8, 4) is 17.2 Å². The van der Waals surface area contributed by atoms with Gasteiger partial charge in [-0.3, -0.25) is 4.79 Å². The van der Waals surface area contributed by atoms with E-state index >= 15 is 0 Å². The maximum absolute atomic E-state index is 12.5. The van der Waals surface area contributed by atoms with Crippen molar-refractivity contribution in [1.29, 1.82) is 0 Å². The first-order valence-electron chi connectivity index (χ1n) is 8.79. The van der Waals surface area contributed by atoms with Crippen LogP contribution < -0.4 is 19.5 Å². The maximum atomic E-state index is 12.5. The van der Waals surface area contributed by atoms with Crippen LogP contribution in [0.3, 0.4) is 0 Å². The largest absolute Gasteiger partial charge is 0.493 e. The van der Waals surface area contributed by atoms with Crippen molar-refractivity contribution < 1.29 is 19.0 Å². The molecule has 0 bridgehead atoms. The van der Waals surface area contributed by atoms with Crippen LogP contribution in [0.25, 0.3) is 0 Å². The highest BCUT2D eigenvalue weighted by molar-refractivity contribution is 5.95. The second-order valence-corrected chi connectivity index (χ2v) is 6.22. The Bertz CT molecular complexity index is 737. The predicted molar refractivity (Wildman–Crippen MR) is 97.3 cm³/mol. The van der Waals surface area contributed by atoms with Gasteiger partial charge in [0.05, 0.1) is 27.0 Å². The smallest absolute Gasteiger partial charge is 0.251 e.